The van der Waals surface area contributed by atoms with Gasteiger partial charge in [0.2, 0.25) is 0 Å². The summed E-state index contributed by atoms with van der Waals surface area (Å²) < 4.78 is 5.69. The zero-order chi connectivity index (χ0) is 14.5. The normalized spacial score (nSPS) is 18.9. The Morgan fingerprint density at radius 1 is 1.48 bits per heavy atom. The maximum absolute atomic E-state index is 11.5. The molecule has 5 heteroatoms. The molecule has 0 spiro atoms. The van der Waals surface area contributed by atoms with Crippen LogP contribution in [0.25, 0.3) is 0 Å². The molecule has 0 saturated carbocycles. The molecule has 1 heterocycles. The van der Waals surface area contributed by atoms with Crippen LogP contribution in [0.2, 0.25) is 0 Å². The van der Waals surface area contributed by atoms with E-state index in [9.17, 15) is 4.79 Å². The lowest BCUT2D eigenvalue weighted by molar-refractivity contribution is 0.101. The highest BCUT2D eigenvalue weighted by molar-refractivity contribution is 5.94. The van der Waals surface area contributed by atoms with E-state index in [1.165, 1.54) is 0 Å². The Hall–Kier alpha value is -1.10. The van der Waals surface area contributed by atoms with Crippen LogP contribution in [0, 0.1) is 0 Å². The quantitative estimate of drug-likeness (QED) is 0.848. The van der Waals surface area contributed by atoms with Gasteiger partial charge in [-0.3, -0.25) is 9.69 Å². The summed E-state index contributed by atoms with van der Waals surface area (Å²) in [6, 6.07) is 6.24. The van der Waals surface area contributed by atoms with Gasteiger partial charge in [-0.05, 0) is 39.0 Å². The lowest BCUT2D eigenvalue weighted by atomic mass is 10.1. The summed E-state index contributed by atoms with van der Waals surface area (Å²) in [5.41, 5.74) is 1.86. The van der Waals surface area contributed by atoms with Gasteiger partial charge in [-0.1, -0.05) is 0 Å². The number of piperazine rings is 1. The molecule has 0 aromatic heterocycles. The second-order valence-electron chi connectivity index (χ2n) is 5.40. The monoisotopic (exact) mass is 312 g/mol. The third-order valence-corrected chi connectivity index (χ3v) is 3.61. The summed E-state index contributed by atoms with van der Waals surface area (Å²) >= 11 is 0. The molecule has 1 atom stereocenters. The number of carbonyl (C=O) groups excluding carboxylic acids is 1. The van der Waals surface area contributed by atoms with Gasteiger partial charge in [-0.2, -0.15) is 0 Å². The average Bonchev–Trinajstić information content (AvgIpc) is 2.41. The molecule has 1 unspecified atom stereocenters. The van der Waals surface area contributed by atoms with Crippen molar-refractivity contribution in [2.45, 2.75) is 33.4 Å². The van der Waals surface area contributed by atoms with Gasteiger partial charge >= 0.3 is 0 Å². The molecule has 0 amide bonds. The van der Waals surface area contributed by atoms with Gasteiger partial charge in [-0.25, -0.2) is 0 Å². The van der Waals surface area contributed by atoms with Crippen LogP contribution in [0.15, 0.2) is 18.2 Å². The smallest absolute Gasteiger partial charge is 0.159 e. The van der Waals surface area contributed by atoms with E-state index in [0.717, 1.165) is 43.1 Å². The molecule has 1 N–H and O–H groups in total. The van der Waals surface area contributed by atoms with Gasteiger partial charge in [0, 0.05) is 43.3 Å². The predicted octanol–water partition coefficient (Wildman–Crippen LogP) is 2.50. The highest BCUT2D eigenvalue weighted by Crippen LogP contribution is 2.23. The molecular weight excluding hydrogens is 288 g/mol. The zero-order valence-electron chi connectivity index (χ0n) is 13.0. The standard InChI is InChI=1S/C16H24N2O2.ClH/c1-4-20-16-6-5-14(13(3)19)9-15(16)11-18-8-7-17-12(2)10-18;/h5-6,9,12,17H,4,7-8,10-11H2,1-3H3;1H. The molecule has 1 fully saturated rings. The number of nitrogens with one attached hydrogen (secondary N) is 1. The number of benzene rings is 1. The van der Waals surface area contributed by atoms with Crippen LogP contribution in [0.3, 0.4) is 0 Å². The van der Waals surface area contributed by atoms with Crippen LogP contribution in [-0.4, -0.2) is 43.0 Å². The minimum Gasteiger partial charge on any atom is -0.494 e. The third-order valence-electron chi connectivity index (χ3n) is 3.61. The minimum atomic E-state index is 0. The lowest BCUT2D eigenvalue weighted by Gasteiger charge is -2.32. The van der Waals surface area contributed by atoms with Gasteiger partial charge < -0.3 is 10.1 Å². The fraction of sp³-hybridized carbons (Fsp3) is 0.562. The Kier molecular flexibility index (Phi) is 7.15. The van der Waals surface area contributed by atoms with Gasteiger partial charge in [0.15, 0.2) is 5.78 Å². The molecular formula is C16H25ClN2O2. The third kappa shape index (κ3) is 4.99. The maximum Gasteiger partial charge on any atom is 0.159 e. The topological polar surface area (TPSA) is 41.6 Å². The van der Waals surface area contributed by atoms with Crippen LogP contribution in [-0.2, 0) is 6.54 Å². The number of carbonyl (C=O) groups is 1. The molecule has 0 bridgehead atoms. The van der Waals surface area contributed by atoms with E-state index in [1.807, 2.05) is 25.1 Å². The number of ether oxygens (including phenoxy) is 1. The molecule has 1 saturated heterocycles. The van der Waals surface area contributed by atoms with Crippen LogP contribution in [0.5, 0.6) is 5.75 Å². The van der Waals surface area contributed by atoms with Gasteiger partial charge in [-0.15, -0.1) is 12.4 Å². The van der Waals surface area contributed by atoms with Crippen LogP contribution in [0.4, 0.5) is 0 Å². The number of halogens is 1. The van der Waals surface area contributed by atoms with Crippen LogP contribution >= 0.6 is 12.4 Å². The molecule has 1 aromatic carbocycles. The molecule has 118 valence electrons. The van der Waals surface area contributed by atoms with Crippen molar-refractivity contribution in [3.05, 3.63) is 29.3 Å². The fourth-order valence-corrected chi connectivity index (χ4v) is 2.62. The van der Waals surface area contributed by atoms with E-state index in [2.05, 4.69) is 17.1 Å². The van der Waals surface area contributed by atoms with Crippen molar-refractivity contribution < 1.29 is 9.53 Å². The molecule has 0 aliphatic carbocycles. The first-order chi connectivity index (χ1) is 9.60. The predicted molar refractivity (Wildman–Crippen MR) is 87.6 cm³/mol. The number of hydrogen-bond acceptors (Lipinski definition) is 4. The van der Waals surface area contributed by atoms with Crippen LogP contribution < -0.4 is 10.1 Å². The van der Waals surface area contributed by atoms with Gasteiger partial charge in [0.1, 0.15) is 5.75 Å². The first kappa shape index (κ1) is 18.0. The Labute approximate surface area is 133 Å². The number of rotatable bonds is 5. The van der Waals surface area contributed by atoms with E-state index in [1.54, 1.807) is 6.92 Å². The van der Waals surface area contributed by atoms with Crippen molar-refractivity contribution in [1.29, 1.82) is 0 Å². The van der Waals surface area contributed by atoms with Crippen molar-refractivity contribution in [2.75, 3.05) is 26.2 Å². The van der Waals surface area contributed by atoms with E-state index < -0.39 is 0 Å². The fourth-order valence-electron chi connectivity index (χ4n) is 2.62. The van der Waals surface area contributed by atoms with E-state index >= 15 is 0 Å². The van der Waals surface area contributed by atoms with Crippen molar-refractivity contribution in [1.82, 2.24) is 10.2 Å². The van der Waals surface area contributed by atoms with Gasteiger partial charge in [0.05, 0.1) is 6.61 Å². The summed E-state index contributed by atoms with van der Waals surface area (Å²) in [5, 5.41) is 3.44. The van der Waals surface area contributed by atoms with Crippen molar-refractivity contribution in [2.24, 2.45) is 0 Å². The lowest BCUT2D eigenvalue weighted by Crippen LogP contribution is -2.48. The van der Waals surface area contributed by atoms with E-state index in [4.69, 9.17) is 4.74 Å². The average molecular weight is 313 g/mol. The highest BCUT2D eigenvalue weighted by Gasteiger charge is 2.17. The number of ketones is 1. The number of nitrogens with zero attached hydrogens (tertiary/aromatic N) is 1. The summed E-state index contributed by atoms with van der Waals surface area (Å²) in [6.45, 7) is 10.3. The summed E-state index contributed by atoms with van der Waals surface area (Å²) in [7, 11) is 0. The van der Waals surface area contributed by atoms with Crippen molar-refractivity contribution in [3.63, 3.8) is 0 Å². The van der Waals surface area contributed by atoms with Crippen LogP contribution in [0.1, 0.15) is 36.7 Å². The molecule has 2 rings (SSSR count). The first-order valence-electron chi connectivity index (χ1n) is 7.32. The summed E-state index contributed by atoms with van der Waals surface area (Å²) in [6.07, 6.45) is 0. The second-order valence-corrected chi connectivity index (χ2v) is 5.40. The summed E-state index contributed by atoms with van der Waals surface area (Å²) in [4.78, 5) is 14.0. The number of Topliss-reactive ketones (excluding diaryl/α,β-unsaturated/α-hetero) is 1. The molecule has 0 radical (unpaired) electrons. The molecule has 21 heavy (non-hydrogen) atoms. The van der Waals surface area contributed by atoms with E-state index in [0.29, 0.717) is 12.6 Å². The van der Waals surface area contributed by atoms with E-state index in [-0.39, 0.29) is 18.2 Å². The maximum atomic E-state index is 11.5. The largest absolute Gasteiger partial charge is 0.494 e. The molecule has 1 aliphatic heterocycles. The summed E-state index contributed by atoms with van der Waals surface area (Å²) in [5.74, 6) is 0.992. The Bertz CT molecular complexity index is 479. The molecule has 1 aliphatic rings. The minimum absolute atomic E-state index is 0. The number of hydrogen-bond donors (Lipinski definition) is 1. The molecule has 1 aromatic rings. The SMILES string of the molecule is CCOc1ccc(C(C)=O)cc1CN1CCNC(C)C1.Cl. The van der Waals surface area contributed by atoms with Crippen molar-refractivity contribution >= 4 is 18.2 Å². The van der Waals surface area contributed by atoms with Crippen molar-refractivity contribution in [3.8, 4) is 5.75 Å². The first-order valence-corrected chi connectivity index (χ1v) is 7.32. The Morgan fingerprint density at radius 2 is 2.24 bits per heavy atom. The van der Waals surface area contributed by atoms with Gasteiger partial charge in [0.25, 0.3) is 0 Å². The molecule has 4 nitrogen and oxygen atoms in total. The second kappa shape index (κ2) is 8.37. The Balaban J connectivity index is 0.00000220. The highest BCUT2D eigenvalue weighted by atomic mass is 35.5. The zero-order valence-corrected chi connectivity index (χ0v) is 13.8. The Morgan fingerprint density at radius 3 is 2.86 bits per heavy atom.